The predicted molar refractivity (Wildman–Crippen MR) is 88.4 cm³/mol. The minimum absolute atomic E-state index is 0.119. The zero-order chi connectivity index (χ0) is 17.7. The van der Waals surface area contributed by atoms with Gasteiger partial charge in [0.1, 0.15) is 17.1 Å². The second kappa shape index (κ2) is 7.59. The van der Waals surface area contributed by atoms with Crippen LogP contribution in [0.4, 0.5) is 0 Å². The van der Waals surface area contributed by atoms with Crippen LogP contribution in [0, 0.1) is 0 Å². The van der Waals surface area contributed by atoms with Gasteiger partial charge in [-0.05, 0) is 35.7 Å². The Labute approximate surface area is 140 Å². The third-order valence-electron chi connectivity index (χ3n) is 3.64. The number of esters is 1. The van der Waals surface area contributed by atoms with Crippen LogP contribution in [0.1, 0.15) is 21.5 Å². The van der Waals surface area contributed by atoms with Gasteiger partial charge >= 0.3 is 5.97 Å². The number of carbonyl (C=O) groups excluding carboxylic acids is 1. The summed E-state index contributed by atoms with van der Waals surface area (Å²) in [5.41, 5.74) is 1.59. The average Bonchev–Trinajstić information content (AvgIpc) is 2.60. The van der Waals surface area contributed by atoms with Crippen LogP contribution < -0.4 is 14.2 Å². The standard InChI is InChI=1S/C18H20O6/c1-21-13-9-12(17(14(19)10-13)18(20)24-4)7-11-5-6-15(22-2)16(8-11)23-3/h5-6,8-10,19H,7H2,1-4H3. The topological polar surface area (TPSA) is 74.2 Å². The number of rotatable bonds is 6. The maximum absolute atomic E-state index is 12.0. The normalized spacial score (nSPS) is 10.2. The Morgan fingerprint density at radius 2 is 1.67 bits per heavy atom. The highest BCUT2D eigenvalue weighted by atomic mass is 16.5. The van der Waals surface area contributed by atoms with Gasteiger partial charge in [0, 0.05) is 6.07 Å². The third kappa shape index (κ3) is 3.53. The first-order chi connectivity index (χ1) is 11.5. The van der Waals surface area contributed by atoms with E-state index in [-0.39, 0.29) is 11.3 Å². The molecule has 24 heavy (non-hydrogen) atoms. The molecule has 0 amide bonds. The molecule has 0 fully saturated rings. The summed E-state index contributed by atoms with van der Waals surface area (Å²) in [6, 6.07) is 8.54. The third-order valence-corrected chi connectivity index (χ3v) is 3.64. The molecule has 0 aliphatic carbocycles. The lowest BCUT2D eigenvalue weighted by Gasteiger charge is -2.14. The Bertz CT molecular complexity index is 739. The lowest BCUT2D eigenvalue weighted by Crippen LogP contribution is -2.07. The summed E-state index contributed by atoms with van der Waals surface area (Å²) in [6.45, 7) is 0. The Morgan fingerprint density at radius 3 is 2.25 bits per heavy atom. The number of ether oxygens (including phenoxy) is 4. The Balaban J connectivity index is 2.48. The summed E-state index contributed by atoms with van der Waals surface area (Å²) in [5.74, 6) is 0.864. The van der Waals surface area contributed by atoms with Crippen molar-refractivity contribution in [3.8, 4) is 23.0 Å². The molecule has 128 valence electrons. The predicted octanol–water partition coefficient (Wildman–Crippen LogP) is 2.80. The molecule has 0 heterocycles. The van der Waals surface area contributed by atoms with Crippen molar-refractivity contribution >= 4 is 5.97 Å². The maximum atomic E-state index is 12.0. The van der Waals surface area contributed by atoms with Gasteiger partial charge in [-0.15, -0.1) is 0 Å². The Morgan fingerprint density at radius 1 is 0.958 bits per heavy atom. The van der Waals surface area contributed by atoms with Gasteiger partial charge in [-0.3, -0.25) is 0 Å². The molecule has 0 unspecified atom stereocenters. The van der Waals surface area contributed by atoms with Gasteiger partial charge in [-0.2, -0.15) is 0 Å². The van der Waals surface area contributed by atoms with E-state index in [0.29, 0.717) is 29.2 Å². The van der Waals surface area contributed by atoms with Crippen molar-refractivity contribution in [2.24, 2.45) is 0 Å². The molecule has 0 aliphatic heterocycles. The highest BCUT2D eigenvalue weighted by molar-refractivity contribution is 5.94. The van der Waals surface area contributed by atoms with Crippen LogP contribution in [0.3, 0.4) is 0 Å². The van der Waals surface area contributed by atoms with Gasteiger partial charge in [0.2, 0.25) is 0 Å². The molecular weight excluding hydrogens is 312 g/mol. The summed E-state index contributed by atoms with van der Waals surface area (Å²) < 4.78 is 20.4. The summed E-state index contributed by atoms with van der Waals surface area (Å²) in [5, 5.41) is 10.1. The number of hydrogen-bond acceptors (Lipinski definition) is 6. The van der Waals surface area contributed by atoms with Gasteiger partial charge in [0.15, 0.2) is 11.5 Å². The first-order valence-corrected chi connectivity index (χ1v) is 7.23. The van der Waals surface area contributed by atoms with E-state index in [1.807, 2.05) is 12.1 Å². The highest BCUT2D eigenvalue weighted by Crippen LogP contribution is 2.32. The molecule has 1 N–H and O–H groups in total. The van der Waals surface area contributed by atoms with Crippen molar-refractivity contribution < 1.29 is 28.8 Å². The van der Waals surface area contributed by atoms with E-state index in [1.54, 1.807) is 26.4 Å². The smallest absolute Gasteiger partial charge is 0.341 e. The van der Waals surface area contributed by atoms with Crippen LogP contribution in [0.25, 0.3) is 0 Å². The summed E-state index contributed by atoms with van der Waals surface area (Å²) in [7, 11) is 5.88. The lowest BCUT2D eigenvalue weighted by molar-refractivity contribution is 0.0596. The summed E-state index contributed by atoms with van der Waals surface area (Å²) in [6.07, 6.45) is 0.384. The molecule has 0 atom stereocenters. The zero-order valence-electron chi connectivity index (χ0n) is 14.1. The van der Waals surface area contributed by atoms with Crippen LogP contribution in [-0.4, -0.2) is 39.5 Å². The number of carbonyl (C=O) groups is 1. The van der Waals surface area contributed by atoms with Crippen LogP contribution in [-0.2, 0) is 11.2 Å². The van der Waals surface area contributed by atoms with Gasteiger partial charge in [0.05, 0.1) is 28.4 Å². The lowest BCUT2D eigenvalue weighted by atomic mass is 9.98. The largest absolute Gasteiger partial charge is 0.507 e. The van der Waals surface area contributed by atoms with Gasteiger partial charge < -0.3 is 24.1 Å². The minimum atomic E-state index is -0.606. The van der Waals surface area contributed by atoms with Crippen molar-refractivity contribution in [1.29, 1.82) is 0 Å². The second-order valence-corrected chi connectivity index (χ2v) is 5.04. The summed E-state index contributed by atoms with van der Waals surface area (Å²) in [4.78, 5) is 12.0. The second-order valence-electron chi connectivity index (χ2n) is 5.04. The molecule has 6 heteroatoms. The first kappa shape index (κ1) is 17.5. The van der Waals surface area contributed by atoms with E-state index < -0.39 is 5.97 Å². The summed E-state index contributed by atoms with van der Waals surface area (Å²) >= 11 is 0. The molecule has 0 spiro atoms. The quantitative estimate of drug-likeness (QED) is 0.820. The number of hydrogen-bond donors (Lipinski definition) is 1. The monoisotopic (exact) mass is 332 g/mol. The number of methoxy groups -OCH3 is 4. The number of phenols is 1. The van der Waals surface area contributed by atoms with E-state index in [2.05, 4.69) is 0 Å². The number of benzene rings is 2. The molecule has 0 aromatic heterocycles. The average molecular weight is 332 g/mol. The maximum Gasteiger partial charge on any atom is 0.341 e. The minimum Gasteiger partial charge on any atom is -0.507 e. The van der Waals surface area contributed by atoms with Crippen LogP contribution >= 0.6 is 0 Å². The van der Waals surface area contributed by atoms with Crippen molar-refractivity contribution in [2.45, 2.75) is 6.42 Å². The fourth-order valence-corrected chi connectivity index (χ4v) is 2.46. The van der Waals surface area contributed by atoms with Crippen molar-refractivity contribution in [3.63, 3.8) is 0 Å². The van der Waals surface area contributed by atoms with Gasteiger partial charge in [0.25, 0.3) is 0 Å². The van der Waals surface area contributed by atoms with E-state index in [0.717, 1.165) is 5.56 Å². The van der Waals surface area contributed by atoms with E-state index in [1.165, 1.54) is 20.3 Å². The Kier molecular flexibility index (Phi) is 5.52. The Hall–Kier alpha value is -2.89. The molecule has 0 saturated carbocycles. The molecule has 0 saturated heterocycles. The molecule has 2 aromatic carbocycles. The van der Waals surface area contributed by atoms with E-state index >= 15 is 0 Å². The van der Waals surface area contributed by atoms with Crippen LogP contribution in [0.15, 0.2) is 30.3 Å². The zero-order valence-corrected chi connectivity index (χ0v) is 14.1. The fourth-order valence-electron chi connectivity index (χ4n) is 2.46. The first-order valence-electron chi connectivity index (χ1n) is 7.23. The fraction of sp³-hybridized carbons (Fsp3) is 0.278. The SMILES string of the molecule is COC(=O)c1c(O)cc(OC)cc1Cc1ccc(OC)c(OC)c1. The molecule has 0 radical (unpaired) electrons. The molecule has 0 bridgehead atoms. The molecule has 0 aliphatic rings. The number of phenolic OH excluding ortho intramolecular Hbond substituents is 1. The van der Waals surface area contributed by atoms with Gasteiger partial charge in [-0.25, -0.2) is 4.79 Å². The van der Waals surface area contributed by atoms with Crippen molar-refractivity contribution in [2.75, 3.05) is 28.4 Å². The molecule has 6 nitrogen and oxygen atoms in total. The van der Waals surface area contributed by atoms with Crippen molar-refractivity contribution in [3.05, 3.63) is 47.0 Å². The van der Waals surface area contributed by atoms with E-state index in [4.69, 9.17) is 18.9 Å². The van der Waals surface area contributed by atoms with E-state index in [9.17, 15) is 9.90 Å². The molecular formula is C18H20O6. The van der Waals surface area contributed by atoms with Crippen LogP contribution in [0.5, 0.6) is 23.0 Å². The molecule has 2 rings (SSSR count). The molecule has 2 aromatic rings. The highest BCUT2D eigenvalue weighted by Gasteiger charge is 2.19. The van der Waals surface area contributed by atoms with Crippen LogP contribution in [0.2, 0.25) is 0 Å². The van der Waals surface area contributed by atoms with Gasteiger partial charge in [-0.1, -0.05) is 6.07 Å². The number of aromatic hydroxyl groups is 1. The van der Waals surface area contributed by atoms with Crippen molar-refractivity contribution in [1.82, 2.24) is 0 Å².